The van der Waals surface area contributed by atoms with Crippen LogP contribution in [0.5, 0.6) is 0 Å². The van der Waals surface area contributed by atoms with Crippen LogP contribution in [0.25, 0.3) is 0 Å². The molecule has 0 saturated heterocycles. The first-order valence-electron chi connectivity index (χ1n) is 12.6. The molecular weight excluding hydrogens is 428 g/mol. The number of ketones is 2. The van der Waals surface area contributed by atoms with Gasteiger partial charge in [-0.05, 0) is 78.7 Å². The highest BCUT2D eigenvalue weighted by Gasteiger charge is 2.41. The van der Waals surface area contributed by atoms with Crippen LogP contribution in [0.2, 0.25) is 0 Å². The summed E-state index contributed by atoms with van der Waals surface area (Å²) in [5.74, 6) is -2.81. The molecule has 5 heteroatoms. The minimum absolute atomic E-state index is 0.0418. The molecule has 1 unspecified atom stereocenters. The zero-order valence-corrected chi connectivity index (χ0v) is 21.5. The van der Waals surface area contributed by atoms with Crippen molar-refractivity contribution in [3.05, 3.63) is 57.4 Å². The molecule has 2 aliphatic rings. The van der Waals surface area contributed by atoms with E-state index in [2.05, 4.69) is 19.9 Å². The first kappa shape index (κ1) is 27.6. The molecule has 0 saturated carbocycles. The highest BCUT2D eigenvalue weighted by atomic mass is 16.5. The third kappa shape index (κ3) is 7.41. The summed E-state index contributed by atoms with van der Waals surface area (Å²) in [6, 6.07) is 0. The largest absolute Gasteiger partial charge is 0.504 e. The molecule has 1 atom stereocenters. The third-order valence-corrected chi connectivity index (χ3v) is 6.43. The van der Waals surface area contributed by atoms with Gasteiger partial charge in [0, 0.05) is 11.5 Å². The van der Waals surface area contributed by atoms with Crippen LogP contribution >= 0.6 is 0 Å². The van der Waals surface area contributed by atoms with Crippen molar-refractivity contribution in [1.82, 2.24) is 0 Å². The number of aliphatic hydroxyl groups excluding tert-OH is 1. The molecule has 0 aromatic heterocycles. The number of rotatable bonds is 11. The lowest BCUT2D eigenvalue weighted by Gasteiger charge is -2.26. The second-order valence-corrected chi connectivity index (χ2v) is 9.71. The quantitative estimate of drug-likeness (QED) is 0.118. The number of unbranched alkanes of at least 4 members (excludes halogenated alkanes) is 2. The van der Waals surface area contributed by atoms with Crippen LogP contribution < -0.4 is 0 Å². The number of carbonyl (C=O) groups is 3. The number of aliphatic hydroxyl groups is 1. The predicted molar refractivity (Wildman–Crippen MR) is 135 cm³/mol. The van der Waals surface area contributed by atoms with E-state index in [0.717, 1.165) is 49.7 Å². The van der Waals surface area contributed by atoms with Gasteiger partial charge in [-0.2, -0.15) is 0 Å². The van der Waals surface area contributed by atoms with Crippen molar-refractivity contribution in [1.29, 1.82) is 0 Å². The normalized spacial score (nSPS) is 19.4. The minimum Gasteiger partial charge on any atom is -0.504 e. The van der Waals surface area contributed by atoms with Gasteiger partial charge >= 0.3 is 5.97 Å². The Balaban J connectivity index is 2.27. The molecule has 0 fully saturated rings. The lowest BCUT2D eigenvalue weighted by molar-refractivity contribution is -0.139. The number of allylic oxidation sites excluding steroid dienone is 7. The zero-order valence-electron chi connectivity index (χ0n) is 21.5. The Morgan fingerprint density at radius 1 is 1.15 bits per heavy atom. The van der Waals surface area contributed by atoms with Crippen molar-refractivity contribution in [3.8, 4) is 0 Å². The minimum atomic E-state index is -0.778. The van der Waals surface area contributed by atoms with Gasteiger partial charge in [0.25, 0.3) is 0 Å². The maximum atomic E-state index is 13.5. The second kappa shape index (κ2) is 13.3. The molecule has 1 N–H and O–H groups in total. The lowest BCUT2D eigenvalue weighted by Crippen LogP contribution is -2.32. The Morgan fingerprint density at radius 2 is 1.88 bits per heavy atom. The maximum absolute atomic E-state index is 13.5. The van der Waals surface area contributed by atoms with Gasteiger partial charge in [-0.15, -0.1) is 0 Å². The first-order chi connectivity index (χ1) is 16.2. The fourth-order valence-electron chi connectivity index (χ4n) is 4.47. The molecule has 2 aliphatic carbocycles. The second-order valence-electron chi connectivity index (χ2n) is 9.71. The van der Waals surface area contributed by atoms with E-state index in [9.17, 15) is 19.5 Å². The Hall–Kier alpha value is -2.69. The fraction of sp³-hybridized carbons (Fsp3) is 0.552. The van der Waals surface area contributed by atoms with Crippen LogP contribution in [0.4, 0.5) is 0 Å². The molecular formula is C29H40O5. The molecule has 5 nitrogen and oxygen atoms in total. The third-order valence-electron chi connectivity index (χ3n) is 6.43. The predicted octanol–water partition coefficient (Wildman–Crippen LogP) is 6.81. The molecule has 0 radical (unpaired) electrons. The summed E-state index contributed by atoms with van der Waals surface area (Å²) in [5.41, 5.74) is 3.41. The molecule has 34 heavy (non-hydrogen) atoms. The topological polar surface area (TPSA) is 80.7 Å². The highest BCUT2D eigenvalue weighted by molar-refractivity contribution is 6.34. The van der Waals surface area contributed by atoms with Crippen molar-refractivity contribution in [2.75, 3.05) is 6.61 Å². The first-order valence-corrected chi connectivity index (χ1v) is 12.6. The number of Topliss-reactive ketones (excluding diaryl/α,β-unsaturated/α-hetero) is 2. The van der Waals surface area contributed by atoms with Crippen LogP contribution in [0.1, 0.15) is 92.4 Å². The monoisotopic (exact) mass is 468 g/mol. The summed E-state index contributed by atoms with van der Waals surface area (Å²) < 4.78 is 5.45. The van der Waals surface area contributed by atoms with E-state index >= 15 is 0 Å². The number of carbonyl (C=O) groups excluding carboxylic acids is 3. The summed E-state index contributed by atoms with van der Waals surface area (Å²) in [7, 11) is 0. The van der Waals surface area contributed by atoms with E-state index in [1.165, 1.54) is 5.57 Å². The van der Waals surface area contributed by atoms with Gasteiger partial charge in [0.05, 0.1) is 5.57 Å². The van der Waals surface area contributed by atoms with E-state index in [1.807, 2.05) is 32.9 Å². The van der Waals surface area contributed by atoms with Crippen LogP contribution in [-0.2, 0) is 19.1 Å². The summed E-state index contributed by atoms with van der Waals surface area (Å²) in [5, 5.41) is 10.7. The molecule has 0 bridgehead atoms. The number of ether oxygens (including phenoxy) is 1. The van der Waals surface area contributed by atoms with Gasteiger partial charge in [0.15, 0.2) is 5.76 Å². The van der Waals surface area contributed by atoms with Crippen molar-refractivity contribution in [3.63, 3.8) is 0 Å². The standard InChI is InChI=1S/C29H40O5/c1-6-7-8-15-23-25(29(33)34-17-16-20(4)12-9-11-19(2)3)27(31)24(28(32)26(23)30)22-14-10-13-21(5)18-22/h11,16,18,22,32H,6-10,12-15,17H2,1-5H3/b20-16+. The fourth-order valence-corrected chi connectivity index (χ4v) is 4.47. The van der Waals surface area contributed by atoms with E-state index < -0.39 is 23.3 Å². The molecule has 0 aromatic carbocycles. The van der Waals surface area contributed by atoms with Crippen LogP contribution in [0.3, 0.4) is 0 Å². The molecule has 0 aliphatic heterocycles. The number of esters is 1. The van der Waals surface area contributed by atoms with Gasteiger partial charge in [-0.3, -0.25) is 9.59 Å². The summed E-state index contributed by atoms with van der Waals surface area (Å²) >= 11 is 0. The molecule has 0 spiro atoms. The maximum Gasteiger partial charge on any atom is 0.342 e. The summed E-state index contributed by atoms with van der Waals surface area (Å²) in [4.78, 5) is 39.7. The molecule has 0 amide bonds. The zero-order chi connectivity index (χ0) is 25.3. The Morgan fingerprint density at radius 3 is 2.53 bits per heavy atom. The Labute approximate surface area is 204 Å². The van der Waals surface area contributed by atoms with Gasteiger partial charge in [0.2, 0.25) is 11.6 Å². The van der Waals surface area contributed by atoms with Gasteiger partial charge in [-0.1, -0.05) is 48.6 Å². The average Bonchev–Trinajstić information content (AvgIpc) is 2.77. The van der Waals surface area contributed by atoms with E-state index in [4.69, 9.17) is 4.74 Å². The van der Waals surface area contributed by atoms with Crippen molar-refractivity contribution in [2.24, 2.45) is 5.92 Å². The Kier molecular flexibility index (Phi) is 10.7. The smallest absolute Gasteiger partial charge is 0.342 e. The molecule has 2 rings (SSSR count). The van der Waals surface area contributed by atoms with E-state index in [0.29, 0.717) is 12.8 Å². The average molecular weight is 469 g/mol. The van der Waals surface area contributed by atoms with Crippen molar-refractivity contribution < 1.29 is 24.2 Å². The molecule has 186 valence electrons. The molecule has 0 heterocycles. The van der Waals surface area contributed by atoms with Gasteiger partial charge in [0.1, 0.15) is 12.2 Å². The lowest BCUT2D eigenvalue weighted by atomic mass is 9.76. The highest BCUT2D eigenvalue weighted by Crippen LogP contribution is 2.36. The van der Waals surface area contributed by atoms with Gasteiger partial charge in [-0.25, -0.2) is 4.79 Å². The van der Waals surface area contributed by atoms with Gasteiger partial charge < -0.3 is 9.84 Å². The SMILES string of the molecule is CCCCCC1=C(C(=O)OC/C=C(\C)CCC=C(C)C)C(=O)C(C2C=C(C)CCC2)=C(O)C1=O. The van der Waals surface area contributed by atoms with E-state index in [1.54, 1.807) is 0 Å². The summed E-state index contributed by atoms with van der Waals surface area (Å²) in [6.07, 6.45) is 12.9. The summed E-state index contributed by atoms with van der Waals surface area (Å²) in [6.45, 7) is 10.2. The number of hydrogen-bond donors (Lipinski definition) is 1. The van der Waals surface area contributed by atoms with E-state index in [-0.39, 0.29) is 35.7 Å². The van der Waals surface area contributed by atoms with Crippen molar-refractivity contribution >= 4 is 17.5 Å². The van der Waals surface area contributed by atoms with Crippen LogP contribution in [0.15, 0.2) is 57.4 Å². The van der Waals surface area contributed by atoms with Crippen LogP contribution in [-0.4, -0.2) is 29.2 Å². The Bertz CT molecular complexity index is 951. The molecule has 0 aromatic rings. The van der Waals surface area contributed by atoms with Crippen molar-refractivity contribution in [2.45, 2.75) is 92.4 Å². The number of hydrogen-bond acceptors (Lipinski definition) is 5. The van der Waals surface area contributed by atoms with Crippen LogP contribution in [0, 0.1) is 5.92 Å².